The maximum atomic E-state index is 12.4. The summed E-state index contributed by atoms with van der Waals surface area (Å²) in [6, 6.07) is -3.46. The third-order valence-electron chi connectivity index (χ3n) is 3.60. The van der Waals surface area contributed by atoms with Gasteiger partial charge in [0.05, 0.1) is 6.04 Å². The lowest BCUT2D eigenvalue weighted by Gasteiger charge is -2.44. The summed E-state index contributed by atoms with van der Waals surface area (Å²) < 4.78 is 68.6. The van der Waals surface area contributed by atoms with E-state index < -0.39 is 58.5 Å². The molecule has 166 valence electrons. The minimum atomic E-state index is -5.28. The van der Waals surface area contributed by atoms with Crippen LogP contribution in [0.1, 0.15) is 5.69 Å². The number of anilines is 1. The van der Waals surface area contributed by atoms with Crippen molar-refractivity contribution in [2.75, 3.05) is 19.4 Å². The second-order valence-electron chi connectivity index (χ2n) is 5.53. The van der Waals surface area contributed by atoms with Crippen LogP contribution in [0.25, 0.3) is 0 Å². The zero-order valence-electron chi connectivity index (χ0n) is 14.7. The minimum absolute atomic E-state index is 0.0582. The Morgan fingerprint density at radius 1 is 1.47 bits per heavy atom. The Morgan fingerprint density at radius 2 is 2.10 bits per heavy atom. The van der Waals surface area contributed by atoms with Gasteiger partial charge >= 0.3 is 22.4 Å². The molecule has 0 aromatic carbocycles. The summed E-state index contributed by atoms with van der Waals surface area (Å²) in [5.41, 5.74) is 4.93. The highest BCUT2D eigenvalue weighted by Gasteiger charge is 2.54. The number of alkyl halides is 3. The second-order valence-corrected chi connectivity index (χ2v) is 7.71. The number of hydrogen-bond acceptors (Lipinski definition) is 10. The summed E-state index contributed by atoms with van der Waals surface area (Å²) in [6.45, 7) is -1.05. The van der Waals surface area contributed by atoms with E-state index in [4.69, 9.17) is 10.3 Å². The monoisotopic (exact) mass is 474 g/mol. The van der Waals surface area contributed by atoms with Gasteiger partial charge in [-0.25, -0.2) is 9.29 Å². The van der Waals surface area contributed by atoms with Gasteiger partial charge in [0.25, 0.3) is 11.8 Å². The van der Waals surface area contributed by atoms with E-state index in [1.54, 1.807) is 0 Å². The van der Waals surface area contributed by atoms with Crippen molar-refractivity contribution >= 4 is 50.2 Å². The largest absolute Gasteiger partial charge is 0.471 e. The van der Waals surface area contributed by atoms with Gasteiger partial charge < -0.3 is 21.2 Å². The van der Waals surface area contributed by atoms with E-state index in [0.29, 0.717) is 0 Å². The number of halogens is 3. The number of thiazole rings is 1. The highest BCUT2D eigenvalue weighted by Crippen LogP contribution is 2.24. The fourth-order valence-corrected chi connectivity index (χ4v) is 3.79. The van der Waals surface area contributed by atoms with Gasteiger partial charge in [0.2, 0.25) is 0 Å². The first-order valence-corrected chi connectivity index (χ1v) is 9.84. The van der Waals surface area contributed by atoms with E-state index in [1.165, 1.54) is 10.7 Å². The van der Waals surface area contributed by atoms with Crippen LogP contribution in [0.15, 0.2) is 10.5 Å². The van der Waals surface area contributed by atoms with Crippen molar-refractivity contribution in [3.63, 3.8) is 0 Å². The molecule has 2 atom stereocenters. The van der Waals surface area contributed by atoms with Crippen molar-refractivity contribution in [2.24, 2.45) is 5.16 Å². The van der Waals surface area contributed by atoms with E-state index in [9.17, 15) is 36.0 Å². The third kappa shape index (κ3) is 4.94. The number of carbonyl (C=O) groups is 3. The van der Waals surface area contributed by atoms with Gasteiger partial charge in [-0.05, 0) is 0 Å². The van der Waals surface area contributed by atoms with Crippen LogP contribution in [0.5, 0.6) is 0 Å². The van der Waals surface area contributed by atoms with Crippen LogP contribution in [0.4, 0.5) is 18.3 Å². The maximum Gasteiger partial charge on any atom is 0.471 e. The van der Waals surface area contributed by atoms with Crippen molar-refractivity contribution in [3.05, 3.63) is 11.1 Å². The van der Waals surface area contributed by atoms with Crippen molar-refractivity contribution < 1.29 is 45.4 Å². The summed E-state index contributed by atoms with van der Waals surface area (Å²) in [6.07, 6.45) is -5.28. The Kier molecular flexibility index (Phi) is 6.52. The Balaban J connectivity index is 2.22. The summed E-state index contributed by atoms with van der Waals surface area (Å²) >= 11 is 0.942. The van der Waals surface area contributed by atoms with Crippen LogP contribution in [0.3, 0.4) is 0 Å². The van der Waals surface area contributed by atoms with Crippen molar-refractivity contribution in [2.45, 2.75) is 18.3 Å². The van der Waals surface area contributed by atoms with E-state index in [1.807, 2.05) is 5.32 Å². The standard InChI is InChI=1S/C12H13F3N6O7S2/c1-28-20-6(4-3-29-11(16)18-4)8(22)19-7-5(2-17-10(24)12(13,14)15)21(9(7)23)30(25,26)27/h3,5,7H,2H2,1H3,(H2,16,18)(H,17,24)(H,19,22)(H,25,26,27)/b20-6-/t5-,7+/m0/s1. The molecule has 2 rings (SSSR count). The number of amides is 3. The molecule has 0 radical (unpaired) electrons. The average molecular weight is 474 g/mol. The van der Waals surface area contributed by atoms with Gasteiger partial charge in [-0.3, -0.25) is 18.9 Å². The highest BCUT2D eigenvalue weighted by molar-refractivity contribution is 7.84. The Hall–Kier alpha value is -2.99. The molecule has 0 spiro atoms. The molecule has 0 bridgehead atoms. The lowest BCUT2D eigenvalue weighted by Crippen LogP contribution is -2.74. The SMILES string of the molecule is CO/N=C(\C(=O)N[C@H]1C(=O)N(S(=O)(=O)O)[C@H]1CNC(=O)C(F)(F)F)c1csc(N)n1. The molecule has 0 saturated carbocycles. The molecule has 1 aliphatic heterocycles. The van der Waals surface area contributed by atoms with Crippen molar-refractivity contribution in [1.29, 1.82) is 0 Å². The lowest BCUT2D eigenvalue weighted by molar-refractivity contribution is -0.174. The molecule has 0 unspecified atom stereocenters. The van der Waals surface area contributed by atoms with Gasteiger partial charge in [-0.15, -0.1) is 11.3 Å². The van der Waals surface area contributed by atoms with Gasteiger partial charge in [0.1, 0.15) is 18.8 Å². The zero-order valence-corrected chi connectivity index (χ0v) is 16.3. The molecule has 2 heterocycles. The van der Waals surface area contributed by atoms with Crippen LogP contribution in [-0.2, 0) is 29.5 Å². The molecule has 1 saturated heterocycles. The Morgan fingerprint density at radius 3 is 2.57 bits per heavy atom. The predicted octanol–water partition coefficient (Wildman–Crippen LogP) is -1.75. The molecule has 1 aliphatic rings. The molecule has 5 N–H and O–H groups in total. The average Bonchev–Trinajstić information content (AvgIpc) is 3.04. The molecule has 1 aromatic rings. The lowest BCUT2D eigenvalue weighted by atomic mass is 9.98. The predicted molar refractivity (Wildman–Crippen MR) is 93.3 cm³/mol. The van der Waals surface area contributed by atoms with Crippen LogP contribution in [-0.4, -0.2) is 77.6 Å². The number of nitrogens with two attached hydrogens (primary N) is 1. The topological polar surface area (TPSA) is 193 Å². The normalized spacial score (nSPS) is 19.8. The smallest absolute Gasteiger partial charge is 0.398 e. The number of nitrogens with zero attached hydrogens (tertiary/aromatic N) is 3. The molecule has 30 heavy (non-hydrogen) atoms. The zero-order chi connectivity index (χ0) is 22.9. The number of carbonyl (C=O) groups excluding carboxylic acids is 3. The van der Waals surface area contributed by atoms with Gasteiger partial charge in [-0.2, -0.15) is 21.6 Å². The van der Waals surface area contributed by atoms with Crippen LogP contribution < -0.4 is 16.4 Å². The number of aromatic nitrogens is 1. The van der Waals surface area contributed by atoms with Crippen LogP contribution in [0, 0.1) is 0 Å². The molecule has 3 amide bonds. The molecule has 13 nitrogen and oxygen atoms in total. The fraction of sp³-hybridized carbons (Fsp3) is 0.417. The van der Waals surface area contributed by atoms with E-state index in [0.717, 1.165) is 18.4 Å². The number of nitrogen functional groups attached to an aromatic ring is 1. The number of oxime groups is 1. The number of nitrogens with one attached hydrogen (secondary N) is 2. The first-order chi connectivity index (χ1) is 13.8. The number of rotatable bonds is 7. The Labute approximate surface area is 169 Å². The highest BCUT2D eigenvalue weighted by atomic mass is 32.2. The van der Waals surface area contributed by atoms with Crippen molar-refractivity contribution in [3.8, 4) is 0 Å². The summed E-state index contributed by atoms with van der Waals surface area (Å²) in [5, 5.41) is 8.23. The van der Waals surface area contributed by atoms with Crippen molar-refractivity contribution in [1.82, 2.24) is 19.9 Å². The van der Waals surface area contributed by atoms with Gasteiger partial charge in [-0.1, -0.05) is 5.16 Å². The molecular weight excluding hydrogens is 461 g/mol. The fourth-order valence-electron chi connectivity index (χ4n) is 2.36. The number of β-lactam (4-membered cyclic amide) rings is 1. The van der Waals surface area contributed by atoms with E-state index >= 15 is 0 Å². The van der Waals surface area contributed by atoms with Crippen LogP contribution >= 0.6 is 11.3 Å². The first kappa shape index (κ1) is 23.3. The maximum absolute atomic E-state index is 12.4. The minimum Gasteiger partial charge on any atom is -0.398 e. The van der Waals surface area contributed by atoms with Gasteiger partial charge in [0, 0.05) is 11.9 Å². The second kappa shape index (κ2) is 8.40. The Bertz CT molecular complexity index is 993. The third-order valence-corrected chi connectivity index (χ3v) is 5.22. The molecule has 18 heteroatoms. The molecule has 1 aromatic heterocycles. The summed E-state index contributed by atoms with van der Waals surface area (Å²) in [5.74, 6) is -4.88. The molecular formula is C12H13F3N6O7S2. The summed E-state index contributed by atoms with van der Waals surface area (Å²) in [4.78, 5) is 43.8. The first-order valence-electron chi connectivity index (χ1n) is 7.56. The van der Waals surface area contributed by atoms with E-state index in [2.05, 4.69) is 15.0 Å². The number of hydrogen-bond donors (Lipinski definition) is 4. The van der Waals surface area contributed by atoms with E-state index in [-0.39, 0.29) is 15.1 Å². The molecule has 1 fully saturated rings. The van der Waals surface area contributed by atoms with Gasteiger partial charge in [0.15, 0.2) is 10.8 Å². The van der Waals surface area contributed by atoms with Crippen LogP contribution in [0.2, 0.25) is 0 Å². The quantitative estimate of drug-likeness (QED) is 0.153. The molecule has 0 aliphatic carbocycles. The summed E-state index contributed by atoms with van der Waals surface area (Å²) in [7, 11) is -4.09.